The monoisotopic (exact) mass is 262 g/mol. The zero-order valence-corrected chi connectivity index (χ0v) is 11.9. The summed E-state index contributed by atoms with van der Waals surface area (Å²) in [5.74, 6) is 0. The Balaban J connectivity index is 1.77. The van der Waals surface area contributed by atoms with Crippen molar-refractivity contribution in [2.24, 2.45) is 5.73 Å². The normalized spacial score (nSPS) is 20.9. The van der Waals surface area contributed by atoms with E-state index in [2.05, 4.69) is 36.1 Å². The van der Waals surface area contributed by atoms with Gasteiger partial charge in [0.25, 0.3) is 0 Å². The van der Waals surface area contributed by atoms with Gasteiger partial charge in [-0.1, -0.05) is 37.3 Å². The van der Waals surface area contributed by atoms with Gasteiger partial charge in [-0.25, -0.2) is 0 Å². The van der Waals surface area contributed by atoms with Crippen molar-refractivity contribution in [3.63, 3.8) is 0 Å². The van der Waals surface area contributed by atoms with Crippen molar-refractivity contribution in [1.29, 1.82) is 0 Å². The fourth-order valence-corrected chi connectivity index (χ4v) is 2.72. The summed E-state index contributed by atoms with van der Waals surface area (Å²) < 4.78 is 5.70. The molecule has 1 aromatic rings. The quantitative estimate of drug-likeness (QED) is 0.817. The molecule has 0 amide bonds. The predicted molar refractivity (Wildman–Crippen MR) is 79.2 cm³/mol. The molecular weight excluding hydrogens is 236 g/mol. The lowest BCUT2D eigenvalue weighted by atomic mass is 10.1. The minimum absolute atomic E-state index is 0.198. The second kappa shape index (κ2) is 7.63. The van der Waals surface area contributed by atoms with Gasteiger partial charge in [0.1, 0.15) is 0 Å². The molecule has 0 spiro atoms. The SMILES string of the molecule is CCN(CC(N)Cc1ccccc1)CC1CCCO1. The molecule has 0 radical (unpaired) electrons. The first kappa shape index (κ1) is 14.5. The molecule has 1 aliphatic rings. The fraction of sp³-hybridized carbons (Fsp3) is 0.625. The molecule has 0 aliphatic carbocycles. The van der Waals surface area contributed by atoms with Gasteiger partial charge in [0.05, 0.1) is 6.10 Å². The van der Waals surface area contributed by atoms with E-state index in [0.717, 1.165) is 32.7 Å². The molecule has 1 heterocycles. The van der Waals surface area contributed by atoms with Crippen molar-refractivity contribution in [1.82, 2.24) is 4.90 Å². The molecule has 2 unspecified atom stereocenters. The molecular formula is C16H26N2O. The third-order valence-electron chi connectivity index (χ3n) is 3.77. The van der Waals surface area contributed by atoms with Crippen LogP contribution in [0.1, 0.15) is 25.3 Å². The average molecular weight is 262 g/mol. The lowest BCUT2D eigenvalue weighted by molar-refractivity contribution is 0.0729. The largest absolute Gasteiger partial charge is 0.377 e. The summed E-state index contributed by atoms with van der Waals surface area (Å²) >= 11 is 0. The fourth-order valence-electron chi connectivity index (χ4n) is 2.72. The second-order valence-electron chi connectivity index (χ2n) is 5.44. The van der Waals surface area contributed by atoms with Crippen LogP contribution in [0.15, 0.2) is 30.3 Å². The number of ether oxygens (including phenoxy) is 1. The maximum Gasteiger partial charge on any atom is 0.0702 e. The van der Waals surface area contributed by atoms with Gasteiger partial charge in [-0.2, -0.15) is 0 Å². The number of nitrogens with two attached hydrogens (primary N) is 1. The van der Waals surface area contributed by atoms with Crippen LogP contribution in [0.5, 0.6) is 0 Å². The van der Waals surface area contributed by atoms with E-state index < -0.39 is 0 Å². The van der Waals surface area contributed by atoms with E-state index in [1.165, 1.54) is 18.4 Å². The topological polar surface area (TPSA) is 38.5 Å². The van der Waals surface area contributed by atoms with Crippen LogP contribution in [-0.2, 0) is 11.2 Å². The van der Waals surface area contributed by atoms with Crippen LogP contribution in [0, 0.1) is 0 Å². The third-order valence-corrected chi connectivity index (χ3v) is 3.77. The van der Waals surface area contributed by atoms with E-state index >= 15 is 0 Å². The average Bonchev–Trinajstić information content (AvgIpc) is 2.92. The molecule has 2 N–H and O–H groups in total. The number of nitrogens with zero attached hydrogens (tertiary/aromatic N) is 1. The summed E-state index contributed by atoms with van der Waals surface area (Å²) in [6.45, 7) is 6.15. The molecule has 2 atom stereocenters. The molecule has 1 aromatic carbocycles. The van der Waals surface area contributed by atoms with Crippen molar-refractivity contribution in [2.45, 2.75) is 38.3 Å². The highest BCUT2D eigenvalue weighted by molar-refractivity contribution is 5.15. The van der Waals surface area contributed by atoms with Gasteiger partial charge in [-0.15, -0.1) is 0 Å². The van der Waals surface area contributed by atoms with Gasteiger partial charge in [-0.05, 0) is 31.4 Å². The summed E-state index contributed by atoms with van der Waals surface area (Å²) in [4.78, 5) is 2.42. The molecule has 3 heteroatoms. The molecule has 3 nitrogen and oxygen atoms in total. The van der Waals surface area contributed by atoms with E-state index in [1.807, 2.05) is 6.07 Å². The number of benzene rings is 1. The molecule has 0 saturated carbocycles. The Bertz CT molecular complexity index is 349. The molecule has 0 bridgehead atoms. The van der Waals surface area contributed by atoms with Gasteiger partial charge in [0.2, 0.25) is 0 Å². The van der Waals surface area contributed by atoms with Gasteiger partial charge >= 0.3 is 0 Å². The van der Waals surface area contributed by atoms with Crippen LogP contribution in [0.4, 0.5) is 0 Å². The highest BCUT2D eigenvalue weighted by atomic mass is 16.5. The smallest absolute Gasteiger partial charge is 0.0702 e. The van der Waals surface area contributed by atoms with Gasteiger partial charge in [0, 0.05) is 25.7 Å². The van der Waals surface area contributed by atoms with Gasteiger partial charge in [-0.3, -0.25) is 4.90 Å². The first-order valence-electron chi connectivity index (χ1n) is 7.41. The Kier molecular flexibility index (Phi) is 5.83. The lowest BCUT2D eigenvalue weighted by Crippen LogP contribution is -2.42. The second-order valence-corrected chi connectivity index (χ2v) is 5.44. The molecule has 0 aromatic heterocycles. The summed E-state index contributed by atoms with van der Waals surface area (Å²) in [5, 5.41) is 0. The van der Waals surface area contributed by atoms with Crippen LogP contribution in [-0.4, -0.2) is 43.3 Å². The third kappa shape index (κ3) is 4.94. The van der Waals surface area contributed by atoms with Crippen molar-refractivity contribution in [3.05, 3.63) is 35.9 Å². The van der Waals surface area contributed by atoms with Crippen molar-refractivity contribution >= 4 is 0 Å². The number of hydrogen-bond acceptors (Lipinski definition) is 3. The first-order valence-corrected chi connectivity index (χ1v) is 7.41. The zero-order chi connectivity index (χ0) is 13.5. The van der Waals surface area contributed by atoms with E-state index in [0.29, 0.717) is 6.10 Å². The number of hydrogen-bond donors (Lipinski definition) is 1. The Labute approximate surface area is 116 Å². The maximum atomic E-state index is 6.27. The lowest BCUT2D eigenvalue weighted by Gasteiger charge is -2.26. The molecule has 2 rings (SSSR count). The summed E-state index contributed by atoms with van der Waals surface area (Å²) in [6.07, 6.45) is 3.77. The van der Waals surface area contributed by atoms with E-state index in [1.54, 1.807) is 0 Å². The highest BCUT2D eigenvalue weighted by Crippen LogP contribution is 2.13. The van der Waals surface area contributed by atoms with Gasteiger partial charge in [0.15, 0.2) is 0 Å². The Morgan fingerprint density at radius 3 is 2.79 bits per heavy atom. The molecule has 106 valence electrons. The van der Waals surface area contributed by atoms with Crippen molar-refractivity contribution in [3.8, 4) is 0 Å². The van der Waals surface area contributed by atoms with Crippen LogP contribution < -0.4 is 5.73 Å². The Hall–Kier alpha value is -0.900. The van der Waals surface area contributed by atoms with Crippen molar-refractivity contribution < 1.29 is 4.74 Å². The number of likely N-dealkylation sites (N-methyl/N-ethyl adjacent to an activating group) is 1. The number of rotatable bonds is 7. The maximum absolute atomic E-state index is 6.27. The van der Waals surface area contributed by atoms with Crippen molar-refractivity contribution in [2.75, 3.05) is 26.2 Å². The molecule has 1 aliphatic heterocycles. The molecule has 1 saturated heterocycles. The summed E-state index contributed by atoms with van der Waals surface area (Å²) in [5.41, 5.74) is 7.60. The van der Waals surface area contributed by atoms with Gasteiger partial charge < -0.3 is 10.5 Å². The van der Waals surface area contributed by atoms with E-state index in [-0.39, 0.29) is 6.04 Å². The summed E-state index contributed by atoms with van der Waals surface area (Å²) in [7, 11) is 0. The van der Waals surface area contributed by atoms with Crippen LogP contribution in [0.2, 0.25) is 0 Å². The molecule has 1 fully saturated rings. The minimum atomic E-state index is 0.198. The highest BCUT2D eigenvalue weighted by Gasteiger charge is 2.19. The Morgan fingerprint density at radius 1 is 1.37 bits per heavy atom. The summed E-state index contributed by atoms with van der Waals surface area (Å²) in [6, 6.07) is 10.7. The minimum Gasteiger partial charge on any atom is -0.377 e. The van der Waals surface area contributed by atoms with Crippen LogP contribution >= 0.6 is 0 Å². The zero-order valence-electron chi connectivity index (χ0n) is 11.9. The standard InChI is InChI=1S/C16H26N2O/c1-2-18(13-16-9-6-10-19-16)12-15(17)11-14-7-4-3-5-8-14/h3-5,7-8,15-16H,2,6,9-13,17H2,1H3. The molecule has 19 heavy (non-hydrogen) atoms. The van der Waals surface area contributed by atoms with Crippen LogP contribution in [0.25, 0.3) is 0 Å². The Morgan fingerprint density at radius 2 is 2.16 bits per heavy atom. The van der Waals surface area contributed by atoms with E-state index in [9.17, 15) is 0 Å². The predicted octanol–water partition coefficient (Wildman–Crippen LogP) is 2.06. The first-order chi connectivity index (χ1) is 9.28. The van der Waals surface area contributed by atoms with E-state index in [4.69, 9.17) is 10.5 Å². The van der Waals surface area contributed by atoms with Crippen LogP contribution in [0.3, 0.4) is 0 Å².